The van der Waals surface area contributed by atoms with Crippen LogP contribution in [-0.4, -0.2) is 38.9 Å². The zero-order chi connectivity index (χ0) is 26.3. The third-order valence-corrected chi connectivity index (χ3v) is 6.51. The third-order valence-electron chi connectivity index (χ3n) is 6.51. The van der Waals surface area contributed by atoms with Crippen LogP contribution in [0.2, 0.25) is 0 Å². The van der Waals surface area contributed by atoms with Gasteiger partial charge in [0, 0.05) is 11.6 Å². The molecule has 4 aromatic rings. The standard InChI is InChI=1S/C26H25F3N4O4/c1-3-17(25(35)36-2)23-24(34)18-6-4-5-7-20(18)33(31-23)12-16-11-32-13-21(37-14-15-8-9-15)19(26(27,28)29)10-22(32)30-16/h4-7,10-11,13,15,17H,3,8-9,12,14H2,1-2H3. The van der Waals surface area contributed by atoms with Crippen LogP contribution in [-0.2, 0) is 22.3 Å². The van der Waals surface area contributed by atoms with Gasteiger partial charge in [-0.05, 0) is 43.4 Å². The minimum Gasteiger partial charge on any atom is -0.491 e. The molecule has 37 heavy (non-hydrogen) atoms. The summed E-state index contributed by atoms with van der Waals surface area (Å²) >= 11 is 0. The van der Waals surface area contributed by atoms with Crippen molar-refractivity contribution in [2.75, 3.05) is 13.7 Å². The number of alkyl halides is 3. The van der Waals surface area contributed by atoms with E-state index in [9.17, 15) is 22.8 Å². The summed E-state index contributed by atoms with van der Waals surface area (Å²) in [4.78, 5) is 29.9. The number of pyridine rings is 1. The predicted octanol–water partition coefficient (Wildman–Crippen LogP) is 4.57. The molecule has 0 aliphatic heterocycles. The lowest BCUT2D eigenvalue weighted by Gasteiger charge is -2.15. The summed E-state index contributed by atoms with van der Waals surface area (Å²) < 4.78 is 54.6. The number of carbonyl (C=O) groups is 1. The minimum atomic E-state index is -4.60. The van der Waals surface area contributed by atoms with Crippen molar-refractivity contribution < 1.29 is 27.4 Å². The van der Waals surface area contributed by atoms with Crippen molar-refractivity contribution in [2.45, 2.75) is 44.8 Å². The fraction of sp³-hybridized carbons (Fsp3) is 0.385. The van der Waals surface area contributed by atoms with Gasteiger partial charge in [0.25, 0.3) is 0 Å². The van der Waals surface area contributed by atoms with Crippen LogP contribution in [0.4, 0.5) is 13.2 Å². The number of carbonyl (C=O) groups excluding carboxylic acids is 1. The molecule has 1 aliphatic rings. The van der Waals surface area contributed by atoms with Crippen molar-refractivity contribution in [3.63, 3.8) is 0 Å². The Bertz CT molecular complexity index is 1540. The number of ether oxygens (including phenoxy) is 2. The molecule has 0 saturated heterocycles. The Morgan fingerprint density at radius 3 is 2.65 bits per heavy atom. The van der Waals surface area contributed by atoms with E-state index in [-0.39, 0.29) is 35.7 Å². The molecule has 1 aromatic carbocycles. The Labute approximate surface area is 209 Å². The summed E-state index contributed by atoms with van der Waals surface area (Å²) in [6, 6.07) is 7.79. The van der Waals surface area contributed by atoms with E-state index in [0.717, 1.165) is 18.9 Å². The van der Waals surface area contributed by atoms with Crippen LogP contribution >= 0.6 is 0 Å². The molecular weight excluding hydrogens is 489 g/mol. The number of esters is 1. The van der Waals surface area contributed by atoms with Crippen molar-refractivity contribution in [3.05, 3.63) is 69.9 Å². The van der Waals surface area contributed by atoms with Crippen LogP contribution in [0.25, 0.3) is 16.6 Å². The first-order valence-electron chi connectivity index (χ1n) is 12.0. The fourth-order valence-corrected chi connectivity index (χ4v) is 4.35. The Hall–Kier alpha value is -3.89. The first kappa shape index (κ1) is 24.8. The van der Waals surface area contributed by atoms with Crippen LogP contribution in [0.3, 0.4) is 0 Å². The monoisotopic (exact) mass is 514 g/mol. The summed E-state index contributed by atoms with van der Waals surface area (Å²) in [5.74, 6) is -1.37. The predicted molar refractivity (Wildman–Crippen MR) is 129 cm³/mol. The quantitative estimate of drug-likeness (QED) is 0.320. The first-order valence-corrected chi connectivity index (χ1v) is 12.0. The Morgan fingerprint density at radius 2 is 1.97 bits per heavy atom. The van der Waals surface area contributed by atoms with Gasteiger partial charge < -0.3 is 13.9 Å². The highest BCUT2D eigenvalue weighted by molar-refractivity contribution is 5.82. The number of methoxy groups -OCH3 is 1. The summed E-state index contributed by atoms with van der Waals surface area (Å²) in [5, 5.41) is 4.85. The molecule has 11 heteroatoms. The molecule has 0 bridgehead atoms. The van der Waals surface area contributed by atoms with E-state index in [1.54, 1.807) is 37.4 Å². The Morgan fingerprint density at radius 1 is 1.22 bits per heavy atom. The summed E-state index contributed by atoms with van der Waals surface area (Å²) in [6.07, 6.45) is 0.522. The van der Waals surface area contributed by atoms with E-state index in [1.807, 2.05) is 0 Å². The summed E-state index contributed by atoms with van der Waals surface area (Å²) in [6.45, 7) is 2.06. The van der Waals surface area contributed by atoms with Gasteiger partial charge in [0.15, 0.2) is 0 Å². The van der Waals surface area contributed by atoms with Gasteiger partial charge in [-0.2, -0.15) is 18.3 Å². The van der Waals surface area contributed by atoms with E-state index in [2.05, 4.69) is 10.1 Å². The number of hydrogen-bond acceptors (Lipinski definition) is 6. The first-order chi connectivity index (χ1) is 17.7. The molecule has 3 heterocycles. The van der Waals surface area contributed by atoms with Gasteiger partial charge in [-0.25, -0.2) is 4.98 Å². The number of nitrogens with zero attached hydrogens (tertiary/aromatic N) is 4. The Kier molecular flexibility index (Phi) is 6.38. The van der Waals surface area contributed by atoms with E-state index in [4.69, 9.17) is 9.47 Å². The molecule has 0 N–H and O–H groups in total. The maximum Gasteiger partial charge on any atom is 0.420 e. The molecule has 0 amide bonds. The number of benzene rings is 1. The average Bonchev–Trinajstić information content (AvgIpc) is 3.62. The van der Waals surface area contributed by atoms with Gasteiger partial charge in [0.1, 0.15) is 28.6 Å². The number of halogens is 3. The van der Waals surface area contributed by atoms with Crippen molar-refractivity contribution in [1.29, 1.82) is 0 Å². The molecule has 194 valence electrons. The molecule has 1 unspecified atom stereocenters. The average molecular weight is 515 g/mol. The molecule has 3 aromatic heterocycles. The smallest absolute Gasteiger partial charge is 0.420 e. The molecule has 8 nitrogen and oxygen atoms in total. The van der Waals surface area contributed by atoms with Gasteiger partial charge in [-0.1, -0.05) is 19.1 Å². The van der Waals surface area contributed by atoms with Gasteiger partial charge in [0.05, 0.1) is 37.7 Å². The van der Waals surface area contributed by atoms with Crippen LogP contribution in [0.1, 0.15) is 49.1 Å². The van der Waals surface area contributed by atoms with Gasteiger partial charge in [0.2, 0.25) is 5.43 Å². The van der Waals surface area contributed by atoms with Gasteiger partial charge in [-0.15, -0.1) is 0 Å². The highest BCUT2D eigenvalue weighted by Gasteiger charge is 2.36. The topological polar surface area (TPSA) is 87.7 Å². The molecule has 1 saturated carbocycles. The molecule has 0 spiro atoms. The van der Waals surface area contributed by atoms with Crippen molar-refractivity contribution >= 4 is 22.5 Å². The van der Waals surface area contributed by atoms with Crippen molar-refractivity contribution in [2.24, 2.45) is 5.92 Å². The number of aromatic nitrogens is 4. The van der Waals surface area contributed by atoms with Crippen LogP contribution in [0.15, 0.2) is 47.5 Å². The number of hydrogen-bond donors (Lipinski definition) is 0. The van der Waals surface area contributed by atoms with Gasteiger partial charge >= 0.3 is 12.1 Å². The molecule has 0 radical (unpaired) electrons. The molecule has 1 aliphatic carbocycles. The second-order valence-corrected chi connectivity index (χ2v) is 9.17. The zero-order valence-corrected chi connectivity index (χ0v) is 20.3. The summed E-state index contributed by atoms with van der Waals surface area (Å²) in [5.41, 5.74) is -0.162. The lowest BCUT2D eigenvalue weighted by atomic mass is 10.0. The highest BCUT2D eigenvalue weighted by atomic mass is 19.4. The van der Waals surface area contributed by atoms with Crippen molar-refractivity contribution in [1.82, 2.24) is 19.2 Å². The molecule has 5 rings (SSSR count). The van der Waals surface area contributed by atoms with Gasteiger partial charge in [-0.3, -0.25) is 14.3 Å². The fourth-order valence-electron chi connectivity index (χ4n) is 4.35. The lowest BCUT2D eigenvalue weighted by molar-refractivity contribution is -0.142. The molecule has 1 fully saturated rings. The number of rotatable bonds is 8. The molecule has 1 atom stereocenters. The maximum atomic E-state index is 13.7. The number of imidazole rings is 1. The maximum absolute atomic E-state index is 13.7. The van der Waals surface area contributed by atoms with E-state index in [0.29, 0.717) is 28.9 Å². The van der Waals surface area contributed by atoms with Crippen LogP contribution in [0.5, 0.6) is 5.75 Å². The van der Waals surface area contributed by atoms with Crippen LogP contribution in [0, 0.1) is 5.92 Å². The lowest BCUT2D eigenvalue weighted by Crippen LogP contribution is -2.26. The van der Waals surface area contributed by atoms with E-state index < -0.39 is 23.6 Å². The second-order valence-electron chi connectivity index (χ2n) is 9.17. The second kappa shape index (κ2) is 9.53. The van der Waals surface area contributed by atoms with E-state index in [1.165, 1.54) is 22.4 Å². The van der Waals surface area contributed by atoms with E-state index >= 15 is 0 Å². The minimum absolute atomic E-state index is 0.0481. The highest BCUT2D eigenvalue weighted by Crippen LogP contribution is 2.38. The largest absolute Gasteiger partial charge is 0.491 e. The number of para-hydroxylation sites is 1. The SMILES string of the molecule is CCC(C(=O)OC)c1nn(Cc2cn3cc(OCC4CC4)c(C(F)(F)F)cc3n2)c2ccccc2c1=O. The third kappa shape index (κ3) is 4.90. The molecular formula is C26H25F3N4O4. The number of fused-ring (bicyclic) bond motifs is 2. The Balaban J connectivity index is 1.57. The van der Waals surface area contributed by atoms with Crippen molar-refractivity contribution in [3.8, 4) is 5.75 Å². The normalized spacial score (nSPS) is 14.7. The van der Waals surface area contributed by atoms with Crippen LogP contribution < -0.4 is 10.2 Å². The zero-order valence-electron chi connectivity index (χ0n) is 20.3. The summed E-state index contributed by atoms with van der Waals surface area (Å²) in [7, 11) is 1.25.